The first kappa shape index (κ1) is 21.1. The molecule has 2 rings (SSSR count). The number of benzene rings is 1. The second-order valence-electron chi connectivity index (χ2n) is 6.43. The summed E-state index contributed by atoms with van der Waals surface area (Å²) in [6, 6.07) is 5.40. The number of nitrogens with zero attached hydrogens (tertiary/aromatic N) is 3. The van der Waals surface area contributed by atoms with E-state index < -0.39 is 28.5 Å². The van der Waals surface area contributed by atoms with E-state index in [0.717, 1.165) is 14.7 Å². The fourth-order valence-electron chi connectivity index (χ4n) is 2.90. The number of methoxy groups -OCH3 is 1. The molecule has 0 bridgehead atoms. The third kappa shape index (κ3) is 4.75. The van der Waals surface area contributed by atoms with Crippen LogP contribution in [0.4, 0.5) is 10.1 Å². The zero-order valence-corrected chi connectivity index (χ0v) is 16.4. The second kappa shape index (κ2) is 8.66. The van der Waals surface area contributed by atoms with Gasteiger partial charge in [-0.05, 0) is 25.0 Å². The number of rotatable bonds is 6. The summed E-state index contributed by atoms with van der Waals surface area (Å²) in [5, 5.41) is 0. The first-order valence-corrected chi connectivity index (χ1v) is 9.88. The number of carbonyl (C=O) groups excluding carboxylic acids is 2. The smallest absolute Gasteiger partial charge is 0.308 e. The van der Waals surface area contributed by atoms with Gasteiger partial charge in [0.15, 0.2) is 0 Å². The lowest BCUT2D eigenvalue weighted by molar-refractivity contribution is -0.148. The standard InChI is InChI=1S/C17H24FN3O5S/c1-19(2)27(24,25)21(15-7-5-4-6-14(15)18)12-16(22)20-10-8-13(9-11-20)17(23)26-3/h4-7,13H,8-12H2,1-3H3. The lowest BCUT2D eigenvalue weighted by Crippen LogP contribution is -2.49. The number of piperidine rings is 1. The summed E-state index contributed by atoms with van der Waals surface area (Å²) in [7, 11) is -0.124. The van der Waals surface area contributed by atoms with E-state index in [1.54, 1.807) is 0 Å². The Morgan fingerprint density at radius 2 is 1.81 bits per heavy atom. The van der Waals surface area contributed by atoms with Gasteiger partial charge in [-0.1, -0.05) is 12.1 Å². The normalized spacial score (nSPS) is 15.7. The molecule has 1 aromatic carbocycles. The molecule has 150 valence electrons. The SMILES string of the molecule is COC(=O)C1CCN(C(=O)CN(c2ccccc2F)S(=O)(=O)N(C)C)CC1. The molecule has 0 spiro atoms. The highest BCUT2D eigenvalue weighted by Gasteiger charge is 2.33. The van der Waals surface area contributed by atoms with Crippen molar-refractivity contribution in [3.05, 3.63) is 30.1 Å². The molecule has 0 radical (unpaired) electrons. The highest BCUT2D eigenvalue weighted by Crippen LogP contribution is 2.24. The Bertz CT molecular complexity index is 792. The summed E-state index contributed by atoms with van der Waals surface area (Å²) in [5.74, 6) is -1.77. The van der Waals surface area contributed by atoms with Gasteiger partial charge in [0.2, 0.25) is 5.91 Å². The van der Waals surface area contributed by atoms with E-state index in [1.807, 2.05) is 0 Å². The number of likely N-dealkylation sites (tertiary alicyclic amines) is 1. The molecule has 10 heteroatoms. The van der Waals surface area contributed by atoms with Crippen LogP contribution < -0.4 is 4.31 Å². The molecule has 0 unspecified atom stereocenters. The predicted molar refractivity (Wildman–Crippen MR) is 97.7 cm³/mol. The molecule has 1 fully saturated rings. The van der Waals surface area contributed by atoms with Gasteiger partial charge in [-0.25, -0.2) is 8.70 Å². The fraction of sp³-hybridized carbons (Fsp3) is 0.529. The topological polar surface area (TPSA) is 87.2 Å². The van der Waals surface area contributed by atoms with Crippen LogP contribution in [-0.2, 0) is 24.5 Å². The van der Waals surface area contributed by atoms with Crippen LogP contribution in [0.25, 0.3) is 0 Å². The largest absolute Gasteiger partial charge is 0.469 e. The first-order chi connectivity index (χ1) is 12.7. The quantitative estimate of drug-likeness (QED) is 0.660. The molecular formula is C17H24FN3O5S. The Morgan fingerprint density at radius 1 is 1.22 bits per heavy atom. The van der Waals surface area contributed by atoms with Crippen molar-refractivity contribution in [2.75, 3.05) is 45.1 Å². The van der Waals surface area contributed by atoms with Gasteiger partial charge >= 0.3 is 16.2 Å². The number of amides is 1. The molecule has 0 aliphatic carbocycles. The van der Waals surface area contributed by atoms with Crippen LogP contribution in [0.15, 0.2) is 24.3 Å². The Labute approximate surface area is 158 Å². The summed E-state index contributed by atoms with van der Waals surface area (Å²) in [6.07, 6.45) is 0.886. The minimum Gasteiger partial charge on any atom is -0.469 e. The number of ether oxygens (including phenoxy) is 1. The zero-order valence-electron chi connectivity index (χ0n) is 15.6. The van der Waals surface area contributed by atoms with Crippen LogP contribution in [0, 0.1) is 11.7 Å². The molecule has 1 aliphatic heterocycles. The highest BCUT2D eigenvalue weighted by atomic mass is 32.2. The Morgan fingerprint density at radius 3 is 2.33 bits per heavy atom. The van der Waals surface area contributed by atoms with E-state index >= 15 is 0 Å². The molecular weight excluding hydrogens is 377 g/mol. The highest BCUT2D eigenvalue weighted by molar-refractivity contribution is 7.90. The van der Waals surface area contributed by atoms with Gasteiger partial charge in [-0.2, -0.15) is 12.7 Å². The van der Waals surface area contributed by atoms with Crippen molar-refractivity contribution in [2.45, 2.75) is 12.8 Å². The van der Waals surface area contributed by atoms with Crippen LogP contribution in [-0.4, -0.2) is 70.3 Å². The van der Waals surface area contributed by atoms with Gasteiger partial charge in [0, 0.05) is 27.2 Å². The number of para-hydroxylation sites is 1. The minimum atomic E-state index is -4.07. The first-order valence-electron chi connectivity index (χ1n) is 8.48. The van der Waals surface area contributed by atoms with Gasteiger partial charge in [0.25, 0.3) is 0 Å². The van der Waals surface area contributed by atoms with Crippen LogP contribution in [0.3, 0.4) is 0 Å². The van der Waals surface area contributed by atoms with E-state index in [-0.39, 0.29) is 17.6 Å². The molecule has 1 amide bonds. The number of esters is 1. The van der Waals surface area contributed by atoms with Crippen molar-refractivity contribution in [2.24, 2.45) is 5.92 Å². The Balaban J connectivity index is 2.18. The summed E-state index contributed by atoms with van der Waals surface area (Å²) >= 11 is 0. The minimum absolute atomic E-state index is 0.191. The van der Waals surface area contributed by atoms with Gasteiger partial charge in [-0.15, -0.1) is 0 Å². The van der Waals surface area contributed by atoms with Crippen molar-refractivity contribution in [1.82, 2.24) is 9.21 Å². The second-order valence-corrected chi connectivity index (χ2v) is 8.49. The third-order valence-electron chi connectivity index (χ3n) is 4.52. The van der Waals surface area contributed by atoms with Gasteiger partial charge in [0.05, 0.1) is 18.7 Å². The predicted octanol–water partition coefficient (Wildman–Crippen LogP) is 0.850. The number of hydrogen-bond donors (Lipinski definition) is 0. The van der Waals surface area contributed by atoms with E-state index in [2.05, 4.69) is 0 Å². The molecule has 8 nitrogen and oxygen atoms in total. The maximum Gasteiger partial charge on any atom is 0.308 e. The van der Waals surface area contributed by atoms with Gasteiger partial charge in [0.1, 0.15) is 12.4 Å². The summed E-state index contributed by atoms with van der Waals surface area (Å²) in [4.78, 5) is 25.7. The molecule has 27 heavy (non-hydrogen) atoms. The van der Waals surface area contributed by atoms with Crippen molar-refractivity contribution < 1.29 is 27.1 Å². The molecule has 1 aromatic rings. The summed E-state index contributed by atoms with van der Waals surface area (Å²) < 4.78 is 45.9. The van der Waals surface area contributed by atoms with Crippen LogP contribution in [0.5, 0.6) is 0 Å². The molecule has 0 saturated carbocycles. The van der Waals surface area contributed by atoms with Crippen molar-refractivity contribution >= 4 is 27.8 Å². The molecule has 1 aliphatic rings. The molecule has 0 atom stereocenters. The van der Waals surface area contributed by atoms with E-state index in [4.69, 9.17) is 4.74 Å². The number of halogens is 1. The van der Waals surface area contributed by atoms with Crippen molar-refractivity contribution in [3.8, 4) is 0 Å². The fourth-order valence-corrected chi connectivity index (χ4v) is 3.96. The Hall–Kier alpha value is -2.20. The van der Waals surface area contributed by atoms with Crippen molar-refractivity contribution in [1.29, 1.82) is 0 Å². The summed E-state index contributed by atoms with van der Waals surface area (Å²) in [5.41, 5.74) is -0.191. The number of anilines is 1. The van der Waals surface area contributed by atoms with E-state index in [1.165, 1.54) is 44.3 Å². The van der Waals surface area contributed by atoms with Crippen LogP contribution >= 0.6 is 0 Å². The third-order valence-corrected chi connectivity index (χ3v) is 6.33. The van der Waals surface area contributed by atoms with Gasteiger partial charge in [-0.3, -0.25) is 9.59 Å². The maximum absolute atomic E-state index is 14.2. The van der Waals surface area contributed by atoms with Crippen LogP contribution in [0.2, 0.25) is 0 Å². The maximum atomic E-state index is 14.2. The van der Waals surface area contributed by atoms with E-state index in [0.29, 0.717) is 25.9 Å². The van der Waals surface area contributed by atoms with Gasteiger partial charge < -0.3 is 9.64 Å². The van der Waals surface area contributed by atoms with Crippen molar-refractivity contribution in [3.63, 3.8) is 0 Å². The van der Waals surface area contributed by atoms with Crippen LogP contribution in [0.1, 0.15) is 12.8 Å². The molecule has 1 saturated heterocycles. The number of hydrogen-bond acceptors (Lipinski definition) is 5. The lowest BCUT2D eigenvalue weighted by atomic mass is 9.97. The monoisotopic (exact) mass is 401 g/mol. The molecule has 1 heterocycles. The molecule has 0 N–H and O–H groups in total. The van der Waals surface area contributed by atoms with E-state index in [9.17, 15) is 22.4 Å². The summed E-state index contributed by atoms with van der Waals surface area (Å²) in [6.45, 7) is 0.0990. The average molecular weight is 401 g/mol. The molecule has 0 aromatic heterocycles. The lowest BCUT2D eigenvalue weighted by Gasteiger charge is -2.33. The average Bonchev–Trinajstić information content (AvgIpc) is 2.65. The number of carbonyl (C=O) groups is 2. The zero-order chi connectivity index (χ0) is 20.2. The Kier molecular flexibility index (Phi) is 6.77.